The summed E-state index contributed by atoms with van der Waals surface area (Å²) < 4.78 is 2.45. The van der Waals surface area contributed by atoms with Gasteiger partial charge in [0.2, 0.25) is 0 Å². The normalized spacial score (nSPS) is 11.3. The lowest BCUT2D eigenvalue weighted by Gasteiger charge is -2.10. The van der Waals surface area contributed by atoms with E-state index < -0.39 is 0 Å². The minimum Gasteiger partial charge on any atom is -0.208 e. The molecule has 8 aromatic carbocycles. The number of hydrogen-bond acceptors (Lipinski definition) is 7. The number of fused-ring (bicyclic) bond motifs is 3. The lowest BCUT2D eigenvalue weighted by atomic mass is 9.98. The summed E-state index contributed by atoms with van der Waals surface area (Å²) in [7, 11) is 0. The van der Waals surface area contributed by atoms with Gasteiger partial charge in [0.25, 0.3) is 0 Å². The van der Waals surface area contributed by atoms with Crippen molar-refractivity contribution in [2.75, 3.05) is 0 Å². The van der Waals surface area contributed by atoms with Crippen molar-refractivity contribution in [3.63, 3.8) is 0 Å². The molecule has 0 radical (unpaired) electrons. The van der Waals surface area contributed by atoms with Gasteiger partial charge in [-0.05, 0) is 34.4 Å². The van der Waals surface area contributed by atoms with Gasteiger partial charge < -0.3 is 0 Å². The van der Waals surface area contributed by atoms with Gasteiger partial charge in [0.15, 0.2) is 34.9 Å². The number of rotatable bonds is 8. The minimum absolute atomic E-state index is 0.630. The molecule has 286 valence electrons. The maximum absolute atomic E-state index is 5.01. The standard InChI is InChI=1S/C54H34N6S/c1-5-17-35(18-6-1)49-55-50(36-19-7-2-8-20-36)58-53(57-49)41-27-13-25-39(33-41)43-29-15-31-45-46-32-16-30-44(48(46)61-47(43)45)40-26-14-28-42(34-40)54-59-51(37-21-9-3-10-22-37)56-52(60-54)38-23-11-4-12-24-38/h1-34H. The summed E-state index contributed by atoms with van der Waals surface area (Å²) in [5, 5.41) is 2.44. The fraction of sp³-hybridized carbons (Fsp3) is 0. The zero-order valence-corrected chi connectivity index (χ0v) is 33.5. The Bertz CT molecular complexity index is 3010. The minimum atomic E-state index is 0.630. The van der Waals surface area contributed by atoms with Crippen LogP contribution in [0, 0.1) is 0 Å². The Morgan fingerprint density at radius 3 is 0.820 bits per heavy atom. The summed E-state index contributed by atoms with van der Waals surface area (Å²) in [4.78, 5) is 29.9. The molecule has 0 aliphatic carbocycles. The lowest BCUT2D eigenvalue weighted by Crippen LogP contribution is -2.00. The van der Waals surface area contributed by atoms with Crippen LogP contribution in [0.3, 0.4) is 0 Å². The maximum atomic E-state index is 5.01. The van der Waals surface area contributed by atoms with Crippen LogP contribution in [0.1, 0.15) is 0 Å². The smallest absolute Gasteiger partial charge is 0.164 e. The van der Waals surface area contributed by atoms with Crippen molar-refractivity contribution in [1.82, 2.24) is 29.9 Å². The molecule has 0 amide bonds. The Balaban J connectivity index is 1.00. The summed E-state index contributed by atoms with van der Waals surface area (Å²) in [6.45, 7) is 0. The van der Waals surface area contributed by atoms with E-state index in [1.807, 2.05) is 133 Å². The van der Waals surface area contributed by atoms with Crippen molar-refractivity contribution in [1.29, 1.82) is 0 Å². The number of aromatic nitrogens is 6. The van der Waals surface area contributed by atoms with Gasteiger partial charge in [-0.3, -0.25) is 0 Å². The zero-order valence-electron chi connectivity index (χ0n) is 32.7. The van der Waals surface area contributed by atoms with Gasteiger partial charge in [-0.2, -0.15) is 0 Å². The number of benzene rings is 8. The molecule has 0 unspecified atom stereocenters. The van der Waals surface area contributed by atoms with Crippen LogP contribution in [0.15, 0.2) is 206 Å². The van der Waals surface area contributed by atoms with Crippen LogP contribution < -0.4 is 0 Å². The molecule has 11 aromatic rings. The highest BCUT2D eigenvalue weighted by Gasteiger charge is 2.18. The molecule has 0 atom stereocenters. The van der Waals surface area contributed by atoms with Gasteiger partial charge >= 0.3 is 0 Å². The Morgan fingerprint density at radius 2 is 0.492 bits per heavy atom. The van der Waals surface area contributed by atoms with Gasteiger partial charge in [-0.1, -0.05) is 194 Å². The molecule has 61 heavy (non-hydrogen) atoms. The maximum Gasteiger partial charge on any atom is 0.164 e. The van der Waals surface area contributed by atoms with E-state index in [9.17, 15) is 0 Å². The molecule has 0 spiro atoms. The molecule has 0 aliphatic heterocycles. The van der Waals surface area contributed by atoms with Crippen LogP contribution in [0.2, 0.25) is 0 Å². The molecule has 0 fully saturated rings. The van der Waals surface area contributed by atoms with Crippen LogP contribution in [0.5, 0.6) is 0 Å². The molecule has 3 heterocycles. The van der Waals surface area contributed by atoms with E-state index in [4.69, 9.17) is 29.9 Å². The largest absolute Gasteiger partial charge is 0.208 e. The molecule has 0 saturated heterocycles. The quantitative estimate of drug-likeness (QED) is 0.152. The molecular formula is C54H34N6S. The lowest BCUT2D eigenvalue weighted by molar-refractivity contribution is 1.07. The van der Waals surface area contributed by atoms with Gasteiger partial charge in [-0.15, -0.1) is 11.3 Å². The van der Waals surface area contributed by atoms with Crippen molar-refractivity contribution in [3.05, 3.63) is 206 Å². The van der Waals surface area contributed by atoms with Crippen molar-refractivity contribution >= 4 is 31.5 Å². The van der Waals surface area contributed by atoms with Gasteiger partial charge in [0.1, 0.15) is 0 Å². The van der Waals surface area contributed by atoms with Crippen LogP contribution in [-0.4, -0.2) is 29.9 Å². The van der Waals surface area contributed by atoms with Crippen molar-refractivity contribution in [2.24, 2.45) is 0 Å². The van der Waals surface area contributed by atoms with E-state index in [0.29, 0.717) is 34.9 Å². The summed E-state index contributed by atoms with van der Waals surface area (Å²) >= 11 is 1.82. The first-order valence-electron chi connectivity index (χ1n) is 20.1. The average Bonchev–Trinajstić information content (AvgIpc) is 3.74. The van der Waals surface area contributed by atoms with E-state index >= 15 is 0 Å². The van der Waals surface area contributed by atoms with Crippen LogP contribution >= 0.6 is 11.3 Å². The molecule has 6 nitrogen and oxygen atoms in total. The number of thiophene rings is 1. The van der Waals surface area contributed by atoms with E-state index in [0.717, 1.165) is 55.6 Å². The molecular weight excluding hydrogens is 765 g/mol. The summed E-state index contributed by atoms with van der Waals surface area (Å²) in [5.41, 5.74) is 10.1. The topological polar surface area (TPSA) is 77.3 Å². The second-order valence-corrected chi connectivity index (χ2v) is 15.7. The SMILES string of the molecule is c1ccc(-c2nc(-c3ccccc3)nc(-c3cccc(-c4cccc5c4sc4c(-c6cccc(-c7nc(-c8ccccc8)nc(-c8ccccc8)n7)c6)cccc45)c3)n2)cc1. The van der Waals surface area contributed by atoms with Crippen molar-refractivity contribution < 1.29 is 0 Å². The average molecular weight is 799 g/mol. The monoisotopic (exact) mass is 798 g/mol. The third kappa shape index (κ3) is 7.03. The van der Waals surface area contributed by atoms with E-state index in [1.165, 1.54) is 20.2 Å². The van der Waals surface area contributed by atoms with Gasteiger partial charge in [0.05, 0.1) is 0 Å². The molecule has 0 N–H and O–H groups in total. The van der Waals surface area contributed by atoms with Gasteiger partial charge in [-0.25, -0.2) is 29.9 Å². The summed E-state index contributed by atoms with van der Waals surface area (Å²) in [6, 6.07) is 70.6. The highest BCUT2D eigenvalue weighted by molar-refractivity contribution is 7.26. The Morgan fingerprint density at radius 1 is 0.230 bits per heavy atom. The molecule has 7 heteroatoms. The van der Waals surface area contributed by atoms with Crippen molar-refractivity contribution in [3.8, 4) is 90.6 Å². The first kappa shape index (κ1) is 36.1. The van der Waals surface area contributed by atoms with E-state index in [2.05, 4.69) is 84.9 Å². The second kappa shape index (κ2) is 15.6. The Labute approximate surface area is 356 Å². The molecule has 11 rings (SSSR count). The fourth-order valence-electron chi connectivity index (χ4n) is 7.80. The molecule has 0 saturated carbocycles. The summed E-state index contributed by atoms with van der Waals surface area (Å²) in [6.07, 6.45) is 0. The van der Waals surface area contributed by atoms with Gasteiger partial charge in [0, 0.05) is 53.6 Å². The predicted octanol–water partition coefficient (Wildman–Crippen LogP) is 13.8. The number of nitrogens with zero attached hydrogens (tertiary/aromatic N) is 6. The molecule has 3 aromatic heterocycles. The Hall–Kier alpha value is -8.00. The van der Waals surface area contributed by atoms with Crippen molar-refractivity contribution in [2.45, 2.75) is 0 Å². The van der Waals surface area contributed by atoms with E-state index in [-0.39, 0.29) is 0 Å². The van der Waals surface area contributed by atoms with E-state index in [1.54, 1.807) is 0 Å². The fourth-order valence-corrected chi connectivity index (χ4v) is 9.17. The second-order valence-electron chi connectivity index (χ2n) is 14.7. The first-order valence-corrected chi connectivity index (χ1v) is 20.9. The van der Waals surface area contributed by atoms with Crippen LogP contribution in [0.4, 0.5) is 0 Å². The molecule has 0 bridgehead atoms. The Kier molecular flexibility index (Phi) is 9.26. The highest BCUT2D eigenvalue weighted by Crippen LogP contribution is 2.44. The third-order valence-corrected chi connectivity index (χ3v) is 12.1. The molecule has 0 aliphatic rings. The predicted molar refractivity (Wildman–Crippen MR) is 250 cm³/mol. The first-order chi connectivity index (χ1) is 30.2. The summed E-state index contributed by atoms with van der Waals surface area (Å²) in [5.74, 6) is 3.82. The third-order valence-electron chi connectivity index (χ3n) is 10.8. The number of hydrogen-bond donors (Lipinski definition) is 0. The van der Waals surface area contributed by atoms with Crippen LogP contribution in [0.25, 0.3) is 111 Å². The zero-order chi connectivity index (χ0) is 40.5. The van der Waals surface area contributed by atoms with Crippen LogP contribution in [-0.2, 0) is 0 Å². The highest BCUT2D eigenvalue weighted by atomic mass is 32.1.